The zero-order valence-electron chi connectivity index (χ0n) is 18.6. The van der Waals surface area contributed by atoms with Crippen LogP contribution in [-0.2, 0) is 17.9 Å². The van der Waals surface area contributed by atoms with E-state index in [1.807, 2.05) is 6.07 Å². The molecule has 8 nitrogen and oxygen atoms in total. The smallest absolute Gasteiger partial charge is 0.331 e. The molecule has 2 heterocycles. The second-order valence-corrected chi connectivity index (χ2v) is 8.21. The van der Waals surface area contributed by atoms with E-state index in [9.17, 15) is 23.2 Å². The van der Waals surface area contributed by atoms with Crippen molar-refractivity contribution in [3.8, 4) is 0 Å². The fourth-order valence-electron chi connectivity index (χ4n) is 4.17. The number of nitrogens with one attached hydrogen (secondary N) is 1. The molecule has 1 aliphatic heterocycles. The van der Waals surface area contributed by atoms with E-state index in [4.69, 9.17) is 5.73 Å². The molecule has 0 spiro atoms. The minimum Gasteiger partial charge on any atom is -0.355 e. The fourth-order valence-corrected chi connectivity index (χ4v) is 4.17. The summed E-state index contributed by atoms with van der Waals surface area (Å²) in [6.45, 7) is 1.56. The fraction of sp³-hybridized carbons (Fsp3) is 0.292. The Morgan fingerprint density at radius 2 is 1.68 bits per heavy atom. The van der Waals surface area contributed by atoms with E-state index in [1.54, 1.807) is 29.2 Å². The number of amides is 1. The van der Waals surface area contributed by atoms with Gasteiger partial charge in [-0.1, -0.05) is 36.4 Å². The van der Waals surface area contributed by atoms with Crippen molar-refractivity contribution in [1.82, 2.24) is 14.5 Å². The van der Waals surface area contributed by atoms with Crippen LogP contribution in [-0.4, -0.2) is 34.7 Å². The number of anilines is 1. The molecule has 34 heavy (non-hydrogen) atoms. The molecule has 3 N–H and O–H groups in total. The topological polar surface area (TPSA) is 102 Å². The third kappa shape index (κ3) is 4.49. The standard InChI is InChI=1S/C24H25F2N5O3/c1-15-22(29-11-10-28-21(32)14-29)23(33)31(13-20(27)16-6-3-2-4-7-16)24(34)30(15)12-17-18(25)8-5-9-19(17)26/h2-9,20H,10-14,27H2,1H3,(H,28,32)/t20-/m1/s1. The molecule has 10 heteroatoms. The number of benzene rings is 2. The van der Waals surface area contributed by atoms with Gasteiger partial charge < -0.3 is 16.0 Å². The normalized spacial score (nSPS) is 14.7. The Hall–Kier alpha value is -3.79. The third-order valence-corrected chi connectivity index (χ3v) is 6.00. The molecule has 1 atom stereocenters. The molecule has 0 saturated carbocycles. The van der Waals surface area contributed by atoms with Crippen molar-refractivity contribution in [3.63, 3.8) is 0 Å². The summed E-state index contributed by atoms with van der Waals surface area (Å²) in [6.07, 6.45) is 0. The molecule has 0 radical (unpaired) electrons. The summed E-state index contributed by atoms with van der Waals surface area (Å²) in [4.78, 5) is 40.5. The molecule has 1 aromatic heterocycles. The van der Waals surface area contributed by atoms with Gasteiger partial charge in [-0.05, 0) is 24.6 Å². The van der Waals surface area contributed by atoms with Crippen molar-refractivity contribution < 1.29 is 13.6 Å². The van der Waals surface area contributed by atoms with E-state index in [1.165, 1.54) is 13.0 Å². The highest BCUT2D eigenvalue weighted by molar-refractivity contribution is 5.82. The number of halogens is 2. The Morgan fingerprint density at radius 3 is 2.32 bits per heavy atom. The number of hydrogen-bond acceptors (Lipinski definition) is 5. The molecular formula is C24H25F2N5O3. The maximum atomic E-state index is 14.4. The number of hydrogen-bond donors (Lipinski definition) is 2. The predicted octanol–water partition coefficient (Wildman–Crippen LogP) is 1.28. The molecule has 1 aliphatic rings. The van der Waals surface area contributed by atoms with Crippen molar-refractivity contribution in [3.05, 3.63) is 97.8 Å². The van der Waals surface area contributed by atoms with Gasteiger partial charge in [0.05, 0.1) is 19.6 Å². The highest BCUT2D eigenvalue weighted by Crippen LogP contribution is 2.19. The molecule has 0 bridgehead atoms. The summed E-state index contributed by atoms with van der Waals surface area (Å²) in [5.41, 5.74) is 5.74. The maximum absolute atomic E-state index is 14.4. The van der Waals surface area contributed by atoms with Crippen LogP contribution in [0, 0.1) is 18.6 Å². The molecule has 0 aliphatic carbocycles. The lowest BCUT2D eigenvalue weighted by Gasteiger charge is -2.31. The van der Waals surface area contributed by atoms with Crippen LogP contribution in [0.5, 0.6) is 0 Å². The molecule has 178 valence electrons. The Bertz CT molecular complexity index is 1320. The molecule has 4 rings (SSSR count). The number of nitrogens with zero attached hydrogens (tertiary/aromatic N) is 3. The minimum atomic E-state index is -0.802. The third-order valence-electron chi connectivity index (χ3n) is 6.00. The van der Waals surface area contributed by atoms with Crippen molar-refractivity contribution in [2.75, 3.05) is 24.5 Å². The first kappa shape index (κ1) is 23.4. The first-order chi connectivity index (χ1) is 16.3. The zero-order chi connectivity index (χ0) is 24.4. The Labute approximate surface area is 194 Å². The van der Waals surface area contributed by atoms with E-state index in [-0.39, 0.29) is 35.9 Å². The lowest BCUT2D eigenvalue weighted by molar-refractivity contribution is -0.120. The van der Waals surface area contributed by atoms with Gasteiger partial charge in [-0.3, -0.25) is 18.7 Å². The average molecular weight is 469 g/mol. The first-order valence-electron chi connectivity index (χ1n) is 10.9. The number of nitrogens with two attached hydrogens (primary N) is 1. The summed E-state index contributed by atoms with van der Waals surface area (Å²) >= 11 is 0. The van der Waals surface area contributed by atoms with E-state index in [0.717, 1.165) is 26.8 Å². The number of carbonyl (C=O) groups is 1. The first-order valence-corrected chi connectivity index (χ1v) is 10.9. The van der Waals surface area contributed by atoms with Crippen LogP contribution in [0.1, 0.15) is 22.9 Å². The number of aromatic nitrogens is 2. The SMILES string of the molecule is Cc1c(N2CCNC(=O)C2)c(=O)n(C[C@@H](N)c2ccccc2)c(=O)n1Cc1c(F)cccc1F. The van der Waals surface area contributed by atoms with Gasteiger partial charge >= 0.3 is 5.69 Å². The van der Waals surface area contributed by atoms with Crippen LogP contribution in [0.15, 0.2) is 58.1 Å². The Kier molecular flexibility index (Phi) is 6.60. The van der Waals surface area contributed by atoms with Crippen LogP contribution in [0.3, 0.4) is 0 Å². The van der Waals surface area contributed by atoms with E-state index in [0.29, 0.717) is 13.1 Å². The average Bonchev–Trinajstić information content (AvgIpc) is 2.81. The number of rotatable bonds is 6. The summed E-state index contributed by atoms with van der Waals surface area (Å²) in [5, 5.41) is 2.69. The molecule has 2 aromatic carbocycles. The summed E-state index contributed by atoms with van der Waals surface area (Å²) < 4.78 is 31.0. The highest BCUT2D eigenvalue weighted by atomic mass is 19.1. The van der Waals surface area contributed by atoms with Gasteiger partial charge in [0, 0.05) is 30.4 Å². The van der Waals surface area contributed by atoms with Gasteiger partial charge in [-0.15, -0.1) is 0 Å². The van der Waals surface area contributed by atoms with Gasteiger partial charge in [-0.25, -0.2) is 13.6 Å². The molecule has 1 fully saturated rings. The monoisotopic (exact) mass is 469 g/mol. The minimum absolute atomic E-state index is 0.0763. The second-order valence-electron chi connectivity index (χ2n) is 8.21. The second kappa shape index (κ2) is 9.60. The van der Waals surface area contributed by atoms with Crippen LogP contribution in [0.4, 0.5) is 14.5 Å². The van der Waals surface area contributed by atoms with E-state index < -0.39 is 35.5 Å². The summed E-state index contributed by atoms with van der Waals surface area (Å²) in [7, 11) is 0. The molecule has 1 saturated heterocycles. The van der Waals surface area contributed by atoms with Crippen LogP contribution in [0.2, 0.25) is 0 Å². The van der Waals surface area contributed by atoms with Crippen LogP contribution < -0.4 is 27.2 Å². The summed E-state index contributed by atoms with van der Waals surface area (Å²) in [6, 6.07) is 11.8. The molecular weight excluding hydrogens is 444 g/mol. The van der Waals surface area contributed by atoms with Gasteiger partial charge in [0.1, 0.15) is 17.3 Å². The highest BCUT2D eigenvalue weighted by Gasteiger charge is 2.26. The van der Waals surface area contributed by atoms with Crippen molar-refractivity contribution >= 4 is 11.6 Å². The van der Waals surface area contributed by atoms with Gasteiger partial charge in [0.25, 0.3) is 5.56 Å². The maximum Gasteiger partial charge on any atom is 0.331 e. The lowest BCUT2D eigenvalue weighted by atomic mass is 10.1. The molecule has 0 unspecified atom stereocenters. The molecule has 3 aromatic rings. The van der Waals surface area contributed by atoms with Crippen molar-refractivity contribution in [1.29, 1.82) is 0 Å². The Morgan fingerprint density at radius 1 is 1.00 bits per heavy atom. The van der Waals surface area contributed by atoms with E-state index in [2.05, 4.69) is 5.32 Å². The largest absolute Gasteiger partial charge is 0.355 e. The molecule has 1 amide bonds. The lowest BCUT2D eigenvalue weighted by Crippen LogP contribution is -2.52. The van der Waals surface area contributed by atoms with E-state index >= 15 is 0 Å². The number of piperazine rings is 1. The van der Waals surface area contributed by atoms with Gasteiger partial charge in [0.15, 0.2) is 0 Å². The van der Waals surface area contributed by atoms with Crippen molar-refractivity contribution in [2.45, 2.75) is 26.1 Å². The van der Waals surface area contributed by atoms with Crippen LogP contribution in [0.25, 0.3) is 0 Å². The van der Waals surface area contributed by atoms with Crippen LogP contribution >= 0.6 is 0 Å². The van der Waals surface area contributed by atoms with Gasteiger partial charge in [0.2, 0.25) is 5.91 Å². The van der Waals surface area contributed by atoms with Crippen molar-refractivity contribution in [2.24, 2.45) is 5.73 Å². The van der Waals surface area contributed by atoms with Gasteiger partial charge in [-0.2, -0.15) is 0 Å². The number of carbonyl (C=O) groups excluding carboxylic acids is 1. The summed E-state index contributed by atoms with van der Waals surface area (Å²) in [5.74, 6) is -1.87. The quantitative estimate of drug-likeness (QED) is 0.566. The zero-order valence-corrected chi connectivity index (χ0v) is 18.6. The Balaban J connectivity index is 1.87. The predicted molar refractivity (Wildman–Crippen MR) is 124 cm³/mol.